The summed E-state index contributed by atoms with van der Waals surface area (Å²) in [7, 11) is 0. The minimum absolute atomic E-state index is 0.00667. The summed E-state index contributed by atoms with van der Waals surface area (Å²) in [4.78, 5) is 23.2. The van der Waals surface area contributed by atoms with Gasteiger partial charge < -0.3 is 16.4 Å². The molecule has 122 valence electrons. The highest BCUT2D eigenvalue weighted by Gasteiger charge is 2.21. The SMILES string of the molecule is CSCCC(NC(N)=O)C(=O)NC(C)c1ccc(F)c(Cl)c1. The van der Waals surface area contributed by atoms with Gasteiger partial charge in [-0.3, -0.25) is 4.79 Å². The van der Waals surface area contributed by atoms with E-state index in [1.807, 2.05) is 6.26 Å². The molecular weight excluding hydrogens is 329 g/mol. The van der Waals surface area contributed by atoms with Gasteiger partial charge in [0, 0.05) is 0 Å². The smallest absolute Gasteiger partial charge is 0.312 e. The number of urea groups is 1. The molecule has 0 aliphatic carbocycles. The number of amides is 3. The van der Waals surface area contributed by atoms with Gasteiger partial charge in [-0.25, -0.2) is 9.18 Å². The minimum Gasteiger partial charge on any atom is -0.352 e. The van der Waals surface area contributed by atoms with Crippen LogP contribution in [0.5, 0.6) is 0 Å². The number of nitrogens with one attached hydrogen (secondary N) is 2. The standard InChI is InChI=1S/C14H19ClFN3O2S/c1-8(9-3-4-11(16)10(15)7-9)18-13(20)12(5-6-22-2)19-14(17)21/h3-4,7-8,12H,5-6H2,1-2H3,(H,18,20)(H3,17,19,21). The predicted molar refractivity (Wildman–Crippen MR) is 87.5 cm³/mol. The molecule has 4 N–H and O–H groups in total. The van der Waals surface area contributed by atoms with Crippen molar-refractivity contribution in [1.29, 1.82) is 0 Å². The largest absolute Gasteiger partial charge is 0.352 e. The highest BCUT2D eigenvalue weighted by Crippen LogP contribution is 2.20. The molecule has 0 aliphatic heterocycles. The van der Waals surface area contributed by atoms with E-state index in [1.54, 1.807) is 24.8 Å². The first-order chi connectivity index (χ1) is 10.3. The Kier molecular flexibility index (Phi) is 7.47. The van der Waals surface area contributed by atoms with Crippen LogP contribution in [-0.4, -0.2) is 30.0 Å². The lowest BCUT2D eigenvalue weighted by molar-refractivity contribution is -0.123. The zero-order valence-corrected chi connectivity index (χ0v) is 13.9. The third kappa shape index (κ3) is 5.73. The summed E-state index contributed by atoms with van der Waals surface area (Å²) in [5, 5.41) is 5.17. The maximum Gasteiger partial charge on any atom is 0.312 e. The molecule has 0 bridgehead atoms. The molecule has 1 aromatic rings. The first kappa shape index (κ1) is 18.6. The molecule has 2 unspecified atom stereocenters. The fraction of sp³-hybridized carbons (Fsp3) is 0.429. The zero-order chi connectivity index (χ0) is 16.7. The number of nitrogens with two attached hydrogens (primary N) is 1. The van der Waals surface area contributed by atoms with Crippen molar-refractivity contribution in [1.82, 2.24) is 10.6 Å². The third-order valence-electron chi connectivity index (χ3n) is 3.05. The van der Waals surface area contributed by atoms with E-state index in [0.717, 1.165) is 0 Å². The van der Waals surface area contributed by atoms with Crippen LogP contribution < -0.4 is 16.4 Å². The van der Waals surface area contributed by atoms with Gasteiger partial charge in [-0.05, 0) is 43.0 Å². The van der Waals surface area contributed by atoms with Gasteiger partial charge in [0.1, 0.15) is 11.9 Å². The molecule has 0 heterocycles. The van der Waals surface area contributed by atoms with E-state index in [4.69, 9.17) is 17.3 Å². The summed E-state index contributed by atoms with van der Waals surface area (Å²) in [5.41, 5.74) is 5.75. The lowest BCUT2D eigenvalue weighted by atomic mass is 10.1. The summed E-state index contributed by atoms with van der Waals surface area (Å²) >= 11 is 7.29. The fourth-order valence-electron chi connectivity index (χ4n) is 1.86. The van der Waals surface area contributed by atoms with E-state index in [9.17, 15) is 14.0 Å². The monoisotopic (exact) mass is 347 g/mol. The van der Waals surface area contributed by atoms with Gasteiger partial charge in [-0.2, -0.15) is 11.8 Å². The van der Waals surface area contributed by atoms with Crippen molar-refractivity contribution in [2.24, 2.45) is 5.73 Å². The van der Waals surface area contributed by atoms with Crippen molar-refractivity contribution < 1.29 is 14.0 Å². The van der Waals surface area contributed by atoms with Crippen molar-refractivity contribution in [2.75, 3.05) is 12.0 Å². The maximum absolute atomic E-state index is 13.2. The van der Waals surface area contributed by atoms with Crippen molar-refractivity contribution in [3.8, 4) is 0 Å². The van der Waals surface area contributed by atoms with E-state index in [1.165, 1.54) is 12.1 Å². The molecule has 1 rings (SSSR count). The average Bonchev–Trinajstić information content (AvgIpc) is 2.45. The molecule has 22 heavy (non-hydrogen) atoms. The number of hydrogen-bond acceptors (Lipinski definition) is 3. The molecule has 0 aromatic heterocycles. The summed E-state index contributed by atoms with van der Waals surface area (Å²) < 4.78 is 13.2. The van der Waals surface area contributed by atoms with Gasteiger partial charge >= 0.3 is 6.03 Å². The average molecular weight is 348 g/mol. The second-order valence-electron chi connectivity index (χ2n) is 4.75. The number of thioether (sulfide) groups is 1. The van der Waals surface area contributed by atoms with E-state index < -0.39 is 17.9 Å². The Morgan fingerprint density at radius 2 is 2.09 bits per heavy atom. The van der Waals surface area contributed by atoms with Crippen LogP contribution in [0.2, 0.25) is 5.02 Å². The summed E-state index contributed by atoms with van der Waals surface area (Å²) in [6.07, 6.45) is 2.37. The Labute approximate surface area is 138 Å². The summed E-state index contributed by atoms with van der Waals surface area (Å²) in [6.45, 7) is 1.75. The molecule has 0 spiro atoms. The molecule has 0 saturated heterocycles. The van der Waals surface area contributed by atoms with Crippen LogP contribution in [0.25, 0.3) is 0 Å². The molecule has 3 amide bonds. The maximum atomic E-state index is 13.2. The minimum atomic E-state index is -0.751. The number of carbonyl (C=O) groups excluding carboxylic acids is 2. The molecule has 8 heteroatoms. The number of hydrogen-bond donors (Lipinski definition) is 3. The second-order valence-corrected chi connectivity index (χ2v) is 6.14. The van der Waals surface area contributed by atoms with Crippen LogP contribution in [0.3, 0.4) is 0 Å². The lowest BCUT2D eigenvalue weighted by Gasteiger charge is -2.21. The highest BCUT2D eigenvalue weighted by atomic mass is 35.5. The topological polar surface area (TPSA) is 84.2 Å². The Hall–Kier alpha value is -1.47. The Balaban J connectivity index is 2.73. The Bertz CT molecular complexity index is 545. The molecule has 0 saturated carbocycles. The molecule has 1 aromatic carbocycles. The van der Waals surface area contributed by atoms with Crippen LogP contribution in [0.1, 0.15) is 24.9 Å². The van der Waals surface area contributed by atoms with Crippen molar-refractivity contribution >= 4 is 35.3 Å². The van der Waals surface area contributed by atoms with Gasteiger partial charge in [-0.1, -0.05) is 17.7 Å². The van der Waals surface area contributed by atoms with Crippen molar-refractivity contribution in [2.45, 2.75) is 25.4 Å². The van der Waals surface area contributed by atoms with E-state index >= 15 is 0 Å². The molecule has 0 radical (unpaired) electrons. The first-order valence-corrected chi connectivity index (χ1v) is 8.42. The van der Waals surface area contributed by atoms with Crippen LogP contribution in [0, 0.1) is 5.82 Å². The fourth-order valence-corrected chi connectivity index (χ4v) is 2.52. The third-order valence-corrected chi connectivity index (χ3v) is 3.98. The van der Waals surface area contributed by atoms with E-state index in [0.29, 0.717) is 17.7 Å². The van der Waals surface area contributed by atoms with Crippen molar-refractivity contribution in [3.05, 3.63) is 34.6 Å². The number of halogens is 2. The predicted octanol–water partition coefficient (Wildman–Crippen LogP) is 2.45. The molecular formula is C14H19ClFN3O2S. The number of rotatable bonds is 7. The van der Waals surface area contributed by atoms with Crippen LogP contribution in [0.4, 0.5) is 9.18 Å². The van der Waals surface area contributed by atoms with Gasteiger partial charge in [0.15, 0.2) is 0 Å². The van der Waals surface area contributed by atoms with Crippen molar-refractivity contribution in [3.63, 3.8) is 0 Å². The highest BCUT2D eigenvalue weighted by molar-refractivity contribution is 7.98. The molecule has 0 fully saturated rings. The zero-order valence-electron chi connectivity index (χ0n) is 12.4. The number of primary amides is 1. The Morgan fingerprint density at radius 1 is 1.41 bits per heavy atom. The number of carbonyl (C=O) groups is 2. The normalized spacial score (nSPS) is 13.3. The molecule has 0 aliphatic rings. The van der Waals surface area contributed by atoms with Gasteiger partial charge in [0.2, 0.25) is 5.91 Å². The van der Waals surface area contributed by atoms with E-state index in [-0.39, 0.29) is 17.0 Å². The first-order valence-electron chi connectivity index (χ1n) is 6.65. The van der Waals surface area contributed by atoms with Crippen LogP contribution in [0.15, 0.2) is 18.2 Å². The lowest BCUT2D eigenvalue weighted by Crippen LogP contribution is -2.49. The van der Waals surface area contributed by atoms with Gasteiger partial charge in [0.25, 0.3) is 0 Å². The molecule has 2 atom stereocenters. The van der Waals surface area contributed by atoms with Gasteiger partial charge in [-0.15, -0.1) is 0 Å². The number of benzene rings is 1. The summed E-state index contributed by atoms with van der Waals surface area (Å²) in [6, 6.07) is 2.41. The van der Waals surface area contributed by atoms with Crippen LogP contribution in [-0.2, 0) is 4.79 Å². The van der Waals surface area contributed by atoms with Crippen LogP contribution >= 0.6 is 23.4 Å². The summed E-state index contributed by atoms with van der Waals surface area (Å²) in [5.74, 6) is -0.159. The van der Waals surface area contributed by atoms with Gasteiger partial charge in [0.05, 0.1) is 11.1 Å². The Morgan fingerprint density at radius 3 is 2.64 bits per heavy atom. The molecule has 5 nitrogen and oxygen atoms in total. The second kappa shape index (κ2) is 8.85. The van der Waals surface area contributed by atoms with E-state index in [2.05, 4.69) is 10.6 Å². The quantitative estimate of drug-likeness (QED) is 0.708.